The van der Waals surface area contributed by atoms with Crippen LogP contribution in [0, 0.1) is 6.92 Å². The minimum atomic E-state index is -3.37. The second kappa shape index (κ2) is 6.72. The summed E-state index contributed by atoms with van der Waals surface area (Å²) in [6.07, 6.45) is 2.43. The average molecular weight is 371 g/mol. The fourth-order valence-corrected chi connectivity index (χ4v) is 3.28. The number of benzene rings is 2. The van der Waals surface area contributed by atoms with E-state index in [9.17, 15) is 18.0 Å². The second-order valence-corrected chi connectivity index (χ2v) is 8.01. The Morgan fingerprint density at radius 3 is 2.65 bits per heavy atom. The first-order chi connectivity index (χ1) is 12.3. The largest absolute Gasteiger partial charge is 0.324 e. The van der Waals surface area contributed by atoms with Crippen molar-refractivity contribution in [3.63, 3.8) is 0 Å². The molecule has 1 N–H and O–H groups in total. The summed E-state index contributed by atoms with van der Waals surface area (Å²) in [5.41, 5.74) is 1.53. The van der Waals surface area contributed by atoms with Crippen LogP contribution in [-0.4, -0.2) is 30.1 Å². The van der Waals surface area contributed by atoms with E-state index in [0.717, 1.165) is 11.8 Å². The van der Waals surface area contributed by atoms with E-state index in [4.69, 9.17) is 0 Å². The fraction of sp³-hybridized carbons (Fsp3) is 0.167. The Hall–Kier alpha value is -3.00. The third kappa shape index (κ3) is 3.65. The van der Waals surface area contributed by atoms with E-state index in [1.807, 2.05) is 13.0 Å². The lowest BCUT2D eigenvalue weighted by atomic mass is 10.1. The molecule has 0 aliphatic rings. The Labute approximate surface area is 150 Å². The van der Waals surface area contributed by atoms with Crippen molar-refractivity contribution in [2.24, 2.45) is 0 Å². The molecule has 3 rings (SSSR count). The summed E-state index contributed by atoms with van der Waals surface area (Å²) in [5.74, 6) is -0.452. The summed E-state index contributed by atoms with van der Waals surface area (Å²) in [6, 6.07) is 11.2. The maximum absolute atomic E-state index is 12.5. The number of fused-ring (bicyclic) bond motifs is 1. The quantitative estimate of drug-likeness (QED) is 0.753. The lowest BCUT2D eigenvalue weighted by molar-refractivity contribution is -0.116. The van der Waals surface area contributed by atoms with Gasteiger partial charge in [-0.2, -0.15) is 0 Å². The van der Waals surface area contributed by atoms with E-state index in [1.165, 1.54) is 23.0 Å². The number of aryl methyl sites for hydroxylation is 1. The highest BCUT2D eigenvalue weighted by molar-refractivity contribution is 7.90. The molecule has 134 valence electrons. The number of sulfone groups is 1. The fourth-order valence-electron chi connectivity index (χ4n) is 2.61. The van der Waals surface area contributed by atoms with Crippen LogP contribution < -0.4 is 10.9 Å². The zero-order valence-electron chi connectivity index (χ0n) is 14.3. The van der Waals surface area contributed by atoms with Gasteiger partial charge in [-0.3, -0.25) is 14.2 Å². The van der Waals surface area contributed by atoms with Crippen molar-refractivity contribution in [3.8, 4) is 0 Å². The molecule has 0 radical (unpaired) electrons. The van der Waals surface area contributed by atoms with Crippen molar-refractivity contribution in [3.05, 3.63) is 64.7 Å². The first-order valence-electron chi connectivity index (χ1n) is 7.80. The molecule has 7 nitrogen and oxygen atoms in total. The molecule has 1 heterocycles. The van der Waals surface area contributed by atoms with Gasteiger partial charge in [0.2, 0.25) is 5.91 Å². The summed E-state index contributed by atoms with van der Waals surface area (Å²) in [4.78, 5) is 29.1. The van der Waals surface area contributed by atoms with Crippen molar-refractivity contribution < 1.29 is 13.2 Å². The molecule has 0 spiro atoms. The summed E-state index contributed by atoms with van der Waals surface area (Å²) < 4.78 is 24.4. The van der Waals surface area contributed by atoms with Crippen molar-refractivity contribution in [1.29, 1.82) is 0 Å². The van der Waals surface area contributed by atoms with Crippen LogP contribution in [0.3, 0.4) is 0 Å². The molecule has 0 atom stereocenters. The zero-order valence-corrected chi connectivity index (χ0v) is 15.1. The molecule has 3 aromatic rings. The summed E-state index contributed by atoms with van der Waals surface area (Å²) in [7, 11) is -3.37. The first kappa shape index (κ1) is 17.8. The van der Waals surface area contributed by atoms with Crippen LogP contribution in [0.1, 0.15) is 5.56 Å². The number of carbonyl (C=O) groups excluding carboxylic acids is 1. The van der Waals surface area contributed by atoms with Gasteiger partial charge in [0, 0.05) is 11.9 Å². The van der Waals surface area contributed by atoms with E-state index in [2.05, 4.69) is 10.3 Å². The normalized spacial score (nSPS) is 11.5. The van der Waals surface area contributed by atoms with Crippen molar-refractivity contribution in [2.75, 3.05) is 11.6 Å². The SMILES string of the molecule is Cc1cccc2c(=O)n(CC(=O)Nc3cccc(S(C)(=O)=O)c3)cnc12. The standard InChI is InChI=1S/C18H17N3O4S/c1-12-5-3-8-15-17(12)19-11-21(18(15)23)10-16(22)20-13-6-4-7-14(9-13)26(2,24)25/h3-9,11H,10H2,1-2H3,(H,20,22). The van der Waals surface area contributed by atoms with E-state index in [1.54, 1.807) is 24.3 Å². The van der Waals surface area contributed by atoms with Crippen LogP contribution in [0.25, 0.3) is 10.9 Å². The molecule has 0 aliphatic heterocycles. The Morgan fingerprint density at radius 2 is 1.92 bits per heavy atom. The number of nitrogens with one attached hydrogen (secondary N) is 1. The number of hydrogen-bond acceptors (Lipinski definition) is 5. The van der Waals surface area contributed by atoms with Gasteiger partial charge in [0.05, 0.1) is 22.1 Å². The number of aromatic nitrogens is 2. The molecule has 0 aliphatic carbocycles. The van der Waals surface area contributed by atoms with Crippen LogP contribution in [0.2, 0.25) is 0 Å². The Bertz CT molecular complexity index is 1170. The molecule has 0 saturated heterocycles. The lowest BCUT2D eigenvalue weighted by Crippen LogP contribution is -2.28. The van der Waals surface area contributed by atoms with Crippen molar-refractivity contribution in [1.82, 2.24) is 9.55 Å². The van der Waals surface area contributed by atoms with Crippen LogP contribution >= 0.6 is 0 Å². The molecule has 8 heteroatoms. The van der Waals surface area contributed by atoms with E-state index < -0.39 is 15.7 Å². The molecule has 0 bridgehead atoms. The Balaban J connectivity index is 1.84. The third-order valence-electron chi connectivity index (χ3n) is 3.92. The molecular formula is C18H17N3O4S. The second-order valence-electron chi connectivity index (χ2n) is 6.00. The summed E-state index contributed by atoms with van der Waals surface area (Å²) >= 11 is 0. The smallest absolute Gasteiger partial charge is 0.261 e. The van der Waals surface area contributed by atoms with Crippen LogP contribution in [0.4, 0.5) is 5.69 Å². The predicted molar refractivity (Wildman–Crippen MR) is 98.9 cm³/mol. The maximum atomic E-state index is 12.5. The topological polar surface area (TPSA) is 98.1 Å². The van der Waals surface area contributed by atoms with Gasteiger partial charge < -0.3 is 5.32 Å². The molecule has 2 aromatic carbocycles. The number of amides is 1. The zero-order chi connectivity index (χ0) is 18.9. The number of anilines is 1. The lowest BCUT2D eigenvalue weighted by Gasteiger charge is -2.09. The highest BCUT2D eigenvalue weighted by Crippen LogP contribution is 2.15. The van der Waals surface area contributed by atoms with E-state index in [-0.39, 0.29) is 17.0 Å². The summed E-state index contributed by atoms with van der Waals surface area (Å²) in [6.45, 7) is 1.64. The monoisotopic (exact) mass is 371 g/mol. The van der Waals surface area contributed by atoms with Crippen molar-refractivity contribution >= 4 is 32.3 Å². The van der Waals surface area contributed by atoms with Gasteiger partial charge in [-0.15, -0.1) is 0 Å². The van der Waals surface area contributed by atoms with E-state index >= 15 is 0 Å². The molecule has 0 unspecified atom stereocenters. The number of nitrogens with zero attached hydrogens (tertiary/aromatic N) is 2. The molecule has 1 aromatic heterocycles. The van der Waals surface area contributed by atoms with E-state index in [0.29, 0.717) is 16.6 Å². The molecule has 0 saturated carbocycles. The molecular weight excluding hydrogens is 354 g/mol. The molecule has 1 amide bonds. The number of para-hydroxylation sites is 1. The number of rotatable bonds is 4. The van der Waals surface area contributed by atoms with Gasteiger partial charge in [0.1, 0.15) is 6.54 Å². The maximum Gasteiger partial charge on any atom is 0.261 e. The van der Waals surface area contributed by atoms with Gasteiger partial charge >= 0.3 is 0 Å². The minimum absolute atomic E-state index is 0.107. The van der Waals surface area contributed by atoms with Gasteiger partial charge in [-0.05, 0) is 36.8 Å². The van der Waals surface area contributed by atoms with Gasteiger partial charge in [-0.1, -0.05) is 18.2 Å². The van der Waals surface area contributed by atoms with Gasteiger partial charge in [0.25, 0.3) is 5.56 Å². The molecule has 0 fully saturated rings. The van der Waals surface area contributed by atoms with Crippen molar-refractivity contribution in [2.45, 2.75) is 18.4 Å². The third-order valence-corrected chi connectivity index (χ3v) is 5.03. The number of carbonyl (C=O) groups is 1. The predicted octanol–water partition coefficient (Wildman–Crippen LogP) is 1.75. The van der Waals surface area contributed by atoms with Crippen LogP contribution in [0.15, 0.2) is 58.5 Å². The minimum Gasteiger partial charge on any atom is -0.324 e. The highest BCUT2D eigenvalue weighted by atomic mass is 32.2. The average Bonchev–Trinajstić information content (AvgIpc) is 2.57. The Kier molecular flexibility index (Phi) is 4.60. The van der Waals surface area contributed by atoms with Gasteiger partial charge in [0.15, 0.2) is 9.84 Å². The van der Waals surface area contributed by atoms with Crippen LogP contribution in [-0.2, 0) is 21.2 Å². The highest BCUT2D eigenvalue weighted by Gasteiger charge is 2.11. The van der Waals surface area contributed by atoms with Gasteiger partial charge in [-0.25, -0.2) is 13.4 Å². The molecule has 26 heavy (non-hydrogen) atoms. The number of hydrogen-bond donors (Lipinski definition) is 1. The first-order valence-corrected chi connectivity index (χ1v) is 9.69. The Morgan fingerprint density at radius 1 is 1.19 bits per heavy atom. The summed E-state index contributed by atoms with van der Waals surface area (Å²) in [5, 5.41) is 3.04. The van der Waals surface area contributed by atoms with Crippen LogP contribution in [0.5, 0.6) is 0 Å².